The normalized spacial score (nSPS) is 10.1. The van der Waals surface area contributed by atoms with E-state index in [1.54, 1.807) is 30.3 Å². The molecule has 0 radical (unpaired) electrons. The Labute approximate surface area is 146 Å². The van der Waals surface area contributed by atoms with Crippen molar-refractivity contribution in [3.8, 4) is 5.75 Å². The molecule has 0 bridgehead atoms. The van der Waals surface area contributed by atoms with Crippen LogP contribution in [0.2, 0.25) is 0 Å². The van der Waals surface area contributed by atoms with Crippen LogP contribution in [0.4, 0.5) is 4.39 Å². The summed E-state index contributed by atoms with van der Waals surface area (Å²) in [5.41, 5.74) is 0.759. The second kappa shape index (κ2) is 8.44. The number of hydrogen-bond acceptors (Lipinski definition) is 4. The number of hydrogen-bond donors (Lipinski definition) is 1. The van der Waals surface area contributed by atoms with Gasteiger partial charge in [-0.05, 0) is 40.2 Å². The summed E-state index contributed by atoms with van der Waals surface area (Å²) in [6.45, 7) is -0.151. The summed E-state index contributed by atoms with van der Waals surface area (Å²) in [6, 6.07) is 10.8. The second-order valence-electron chi connectivity index (χ2n) is 4.79. The van der Waals surface area contributed by atoms with Crippen molar-refractivity contribution in [2.45, 2.75) is 6.54 Å². The minimum atomic E-state index is -0.468. The van der Waals surface area contributed by atoms with E-state index in [1.165, 1.54) is 19.2 Å². The highest BCUT2D eigenvalue weighted by Crippen LogP contribution is 2.26. The molecule has 0 unspecified atom stereocenters. The van der Waals surface area contributed by atoms with Crippen LogP contribution in [0.15, 0.2) is 46.9 Å². The maximum Gasteiger partial charge on any atom is 0.337 e. The standard InChI is InChI=1S/C17H15BrFNO4/c1-23-17(22)11-6-7-15(13(18)8-11)24-10-16(21)20-9-12-4-2-3-5-14(12)19/h2-8H,9-10H2,1H3,(H,20,21). The van der Waals surface area contributed by atoms with E-state index in [0.29, 0.717) is 21.3 Å². The van der Waals surface area contributed by atoms with E-state index in [-0.39, 0.29) is 24.9 Å². The first kappa shape index (κ1) is 17.9. The van der Waals surface area contributed by atoms with Crippen LogP contribution in [0.3, 0.4) is 0 Å². The molecule has 0 aliphatic heterocycles. The fourth-order valence-electron chi connectivity index (χ4n) is 1.89. The first-order valence-electron chi connectivity index (χ1n) is 7.02. The number of rotatable bonds is 6. The lowest BCUT2D eigenvalue weighted by Gasteiger charge is -2.10. The van der Waals surface area contributed by atoms with Gasteiger partial charge in [-0.1, -0.05) is 18.2 Å². The zero-order valence-electron chi connectivity index (χ0n) is 12.8. The van der Waals surface area contributed by atoms with Gasteiger partial charge in [0.2, 0.25) is 0 Å². The summed E-state index contributed by atoms with van der Waals surface area (Å²) in [6.07, 6.45) is 0. The Morgan fingerprint density at radius 1 is 1.21 bits per heavy atom. The Bertz CT molecular complexity index is 751. The van der Waals surface area contributed by atoms with Gasteiger partial charge in [0.1, 0.15) is 11.6 Å². The Balaban J connectivity index is 1.88. The van der Waals surface area contributed by atoms with Crippen molar-refractivity contribution in [2.24, 2.45) is 0 Å². The zero-order chi connectivity index (χ0) is 17.5. The Kier molecular flexibility index (Phi) is 6.31. The van der Waals surface area contributed by atoms with Gasteiger partial charge in [0.25, 0.3) is 5.91 Å². The highest BCUT2D eigenvalue weighted by atomic mass is 79.9. The van der Waals surface area contributed by atoms with E-state index in [2.05, 4.69) is 26.0 Å². The van der Waals surface area contributed by atoms with Gasteiger partial charge in [-0.3, -0.25) is 4.79 Å². The molecule has 7 heteroatoms. The van der Waals surface area contributed by atoms with Crippen molar-refractivity contribution < 1.29 is 23.5 Å². The summed E-state index contributed by atoms with van der Waals surface area (Å²) >= 11 is 3.27. The maximum absolute atomic E-state index is 13.4. The minimum Gasteiger partial charge on any atom is -0.483 e. The third-order valence-electron chi connectivity index (χ3n) is 3.15. The van der Waals surface area contributed by atoms with Crippen LogP contribution in [-0.4, -0.2) is 25.6 Å². The smallest absolute Gasteiger partial charge is 0.337 e. The number of halogens is 2. The number of esters is 1. The summed E-state index contributed by atoms with van der Waals surface area (Å²) < 4.78 is 24.0. The summed E-state index contributed by atoms with van der Waals surface area (Å²) in [5.74, 6) is -0.823. The average molecular weight is 396 g/mol. The quantitative estimate of drug-likeness (QED) is 0.763. The first-order valence-corrected chi connectivity index (χ1v) is 7.81. The van der Waals surface area contributed by atoms with Crippen molar-refractivity contribution in [2.75, 3.05) is 13.7 Å². The zero-order valence-corrected chi connectivity index (χ0v) is 14.4. The van der Waals surface area contributed by atoms with Crippen LogP contribution in [-0.2, 0) is 16.1 Å². The summed E-state index contributed by atoms with van der Waals surface area (Å²) in [7, 11) is 1.29. The SMILES string of the molecule is COC(=O)c1ccc(OCC(=O)NCc2ccccc2F)c(Br)c1. The number of nitrogens with one attached hydrogen (secondary N) is 1. The first-order chi connectivity index (χ1) is 11.5. The van der Waals surface area contributed by atoms with Gasteiger partial charge >= 0.3 is 5.97 Å². The van der Waals surface area contributed by atoms with Gasteiger partial charge in [-0.25, -0.2) is 9.18 Å². The molecule has 1 N–H and O–H groups in total. The topological polar surface area (TPSA) is 64.6 Å². The lowest BCUT2D eigenvalue weighted by atomic mass is 10.2. The van der Waals surface area contributed by atoms with Crippen molar-refractivity contribution in [3.63, 3.8) is 0 Å². The van der Waals surface area contributed by atoms with Crippen molar-refractivity contribution in [1.82, 2.24) is 5.32 Å². The Morgan fingerprint density at radius 3 is 2.62 bits per heavy atom. The lowest BCUT2D eigenvalue weighted by Crippen LogP contribution is -2.28. The second-order valence-corrected chi connectivity index (χ2v) is 5.65. The largest absolute Gasteiger partial charge is 0.483 e. The highest BCUT2D eigenvalue weighted by molar-refractivity contribution is 9.10. The van der Waals surface area contributed by atoms with Gasteiger partial charge in [-0.2, -0.15) is 0 Å². The molecule has 0 saturated heterocycles. The fourth-order valence-corrected chi connectivity index (χ4v) is 2.39. The van der Waals surface area contributed by atoms with Crippen LogP contribution in [0.1, 0.15) is 15.9 Å². The van der Waals surface area contributed by atoms with E-state index < -0.39 is 5.97 Å². The molecule has 2 aromatic carbocycles. The van der Waals surface area contributed by atoms with Crippen LogP contribution in [0.5, 0.6) is 5.75 Å². The van der Waals surface area contributed by atoms with E-state index in [4.69, 9.17) is 4.74 Å². The highest BCUT2D eigenvalue weighted by Gasteiger charge is 2.11. The lowest BCUT2D eigenvalue weighted by molar-refractivity contribution is -0.123. The van der Waals surface area contributed by atoms with Crippen LogP contribution < -0.4 is 10.1 Å². The number of amides is 1. The van der Waals surface area contributed by atoms with Gasteiger partial charge in [0, 0.05) is 12.1 Å². The monoisotopic (exact) mass is 395 g/mol. The average Bonchev–Trinajstić information content (AvgIpc) is 2.59. The number of methoxy groups -OCH3 is 1. The van der Waals surface area contributed by atoms with Crippen molar-refractivity contribution >= 4 is 27.8 Å². The van der Waals surface area contributed by atoms with Gasteiger partial charge < -0.3 is 14.8 Å². The molecule has 1 amide bonds. The molecular formula is C17H15BrFNO4. The van der Waals surface area contributed by atoms with Gasteiger partial charge in [-0.15, -0.1) is 0 Å². The van der Waals surface area contributed by atoms with Gasteiger partial charge in [0.05, 0.1) is 17.1 Å². The number of ether oxygens (including phenoxy) is 2. The number of carbonyl (C=O) groups excluding carboxylic acids is 2. The Morgan fingerprint density at radius 2 is 1.96 bits per heavy atom. The van der Waals surface area contributed by atoms with Crippen LogP contribution >= 0.6 is 15.9 Å². The van der Waals surface area contributed by atoms with Crippen molar-refractivity contribution in [3.05, 3.63) is 63.9 Å². The molecule has 0 aliphatic rings. The van der Waals surface area contributed by atoms with E-state index in [0.717, 1.165) is 0 Å². The molecule has 5 nitrogen and oxygen atoms in total. The van der Waals surface area contributed by atoms with Crippen LogP contribution in [0.25, 0.3) is 0 Å². The van der Waals surface area contributed by atoms with E-state index in [1.807, 2.05) is 0 Å². The maximum atomic E-state index is 13.4. The molecule has 0 saturated carbocycles. The molecular weight excluding hydrogens is 381 g/mol. The molecule has 0 aliphatic carbocycles. The van der Waals surface area contributed by atoms with E-state index in [9.17, 15) is 14.0 Å². The molecule has 2 aromatic rings. The molecule has 0 spiro atoms. The molecule has 0 heterocycles. The summed E-state index contributed by atoms with van der Waals surface area (Å²) in [4.78, 5) is 23.2. The summed E-state index contributed by atoms with van der Waals surface area (Å²) in [5, 5.41) is 2.57. The van der Waals surface area contributed by atoms with E-state index >= 15 is 0 Å². The third-order valence-corrected chi connectivity index (χ3v) is 3.77. The molecule has 24 heavy (non-hydrogen) atoms. The predicted molar refractivity (Wildman–Crippen MR) is 89.2 cm³/mol. The number of benzene rings is 2. The minimum absolute atomic E-state index is 0.0807. The molecule has 0 aromatic heterocycles. The number of carbonyl (C=O) groups is 2. The predicted octanol–water partition coefficient (Wildman–Crippen LogP) is 3.07. The van der Waals surface area contributed by atoms with Crippen LogP contribution in [0, 0.1) is 5.82 Å². The van der Waals surface area contributed by atoms with Gasteiger partial charge in [0.15, 0.2) is 6.61 Å². The van der Waals surface area contributed by atoms with Crippen molar-refractivity contribution in [1.29, 1.82) is 0 Å². The molecule has 0 atom stereocenters. The molecule has 2 rings (SSSR count). The fraction of sp³-hybridized carbons (Fsp3) is 0.176. The molecule has 126 valence electrons. The third kappa shape index (κ3) is 4.79. The Hall–Kier alpha value is -2.41. The molecule has 0 fully saturated rings.